The Kier molecular flexibility index (Phi) is 4.69. The maximum Gasteiger partial charge on any atom is 0.451 e. The summed E-state index contributed by atoms with van der Waals surface area (Å²) in [5.74, 6) is -0.00118. The first-order valence-electron chi connectivity index (χ1n) is 9.45. The summed E-state index contributed by atoms with van der Waals surface area (Å²) >= 11 is 6.02. The number of aromatic nitrogens is 6. The van der Waals surface area contributed by atoms with Gasteiger partial charge in [0, 0.05) is 43.1 Å². The largest absolute Gasteiger partial charge is 0.451 e. The second-order valence-electron chi connectivity index (χ2n) is 7.13. The molecule has 0 spiro atoms. The van der Waals surface area contributed by atoms with Gasteiger partial charge in [-0.2, -0.15) is 13.2 Å². The molecule has 160 valence electrons. The Morgan fingerprint density at radius 2 is 2.00 bits per heavy atom. The van der Waals surface area contributed by atoms with Gasteiger partial charge in [-0.1, -0.05) is 17.7 Å². The molecule has 0 fully saturated rings. The number of halogens is 4. The molecule has 1 aliphatic rings. The molecule has 0 saturated carbocycles. The molecule has 2 N–H and O–H groups in total. The summed E-state index contributed by atoms with van der Waals surface area (Å²) in [5.41, 5.74) is 2.55. The SMILES string of the molecule is FC(F)(F)c1nnc2n1CCN(c1ccc(CNc3ccnc4[nH]c(Cl)cc34)cn1)C2. The van der Waals surface area contributed by atoms with E-state index in [1.54, 1.807) is 12.4 Å². The minimum atomic E-state index is -4.51. The number of fused-ring (bicyclic) bond motifs is 2. The smallest absolute Gasteiger partial charge is 0.380 e. The number of hydrogen-bond donors (Lipinski definition) is 2. The first-order valence-corrected chi connectivity index (χ1v) is 9.82. The molecule has 5 rings (SSSR count). The predicted octanol–water partition coefficient (Wildman–Crippen LogP) is 3.85. The first-order chi connectivity index (χ1) is 14.9. The van der Waals surface area contributed by atoms with E-state index < -0.39 is 12.0 Å². The fourth-order valence-corrected chi connectivity index (χ4v) is 3.82. The molecule has 8 nitrogen and oxygen atoms in total. The monoisotopic (exact) mass is 448 g/mol. The fraction of sp³-hybridized carbons (Fsp3) is 0.263. The number of nitrogens with one attached hydrogen (secondary N) is 2. The Labute approximate surface area is 179 Å². The molecule has 4 aromatic heterocycles. The Hall–Kier alpha value is -3.34. The molecule has 0 aliphatic carbocycles. The summed E-state index contributed by atoms with van der Waals surface area (Å²) in [4.78, 5) is 13.6. The van der Waals surface area contributed by atoms with Gasteiger partial charge in [-0.05, 0) is 23.8 Å². The molecule has 0 atom stereocenters. The van der Waals surface area contributed by atoms with Crippen LogP contribution >= 0.6 is 11.6 Å². The van der Waals surface area contributed by atoms with E-state index in [-0.39, 0.29) is 18.9 Å². The normalized spacial score (nSPS) is 14.1. The molecule has 0 amide bonds. The van der Waals surface area contributed by atoms with Crippen molar-refractivity contribution in [1.82, 2.24) is 29.7 Å². The van der Waals surface area contributed by atoms with Gasteiger partial charge < -0.3 is 19.8 Å². The van der Waals surface area contributed by atoms with E-state index in [0.29, 0.717) is 29.7 Å². The lowest BCUT2D eigenvalue weighted by Gasteiger charge is -2.29. The number of rotatable bonds is 4. The number of hydrogen-bond acceptors (Lipinski definition) is 6. The van der Waals surface area contributed by atoms with E-state index >= 15 is 0 Å². The molecule has 0 saturated heterocycles. The van der Waals surface area contributed by atoms with Crippen molar-refractivity contribution >= 4 is 34.1 Å². The quantitative estimate of drug-likeness (QED) is 0.493. The minimum Gasteiger partial charge on any atom is -0.380 e. The standard InChI is InChI=1S/C19H16ClF3N8/c20-14-7-12-13(3-4-24-17(12)27-14)25-8-11-1-2-15(26-9-11)30-5-6-31-16(10-30)28-29-18(31)19(21,22)23/h1-4,7,9H,5-6,8,10H2,(H2,24,25,27). The topological polar surface area (TPSA) is 87.5 Å². The van der Waals surface area contributed by atoms with E-state index in [1.807, 2.05) is 29.2 Å². The van der Waals surface area contributed by atoms with E-state index in [9.17, 15) is 13.2 Å². The summed E-state index contributed by atoms with van der Waals surface area (Å²) in [6, 6.07) is 7.46. The maximum atomic E-state index is 13.0. The van der Waals surface area contributed by atoms with Crippen molar-refractivity contribution in [3.05, 3.63) is 59.0 Å². The third kappa shape index (κ3) is 3.76. The van der Waals surface area contributed by atoms with Gasteiger partial charge in [-0.3, -0.25) is 0 Å². The highest BCUT2D eigenvalue weighted by Gasteiger charge is 2.39. The van der Waals surface area contributed by atoms with Crippen molar-refractivity contribution < 1.29 is 13.2 Å². The van der Waals surface area contributed by atoms with Gasteiger partial charge in [0.05, 0.1) is 6.54 Å². The highest BCUT2D eigenvalue weighted by Crippen LogP contribution is 2.30. The van der Waals surface area contributed by atoms with Crippen LogP contribution in [0.2, 0.25) is 5.15 Å². The summed E-state index contributed by atoms with van der Waals surface area (Å²) in [6.07, 6.45) is -1.07. The van der Waals surface area contributed by atoms with Crippen LogP contribution in [0.5, 0.6) is 0 Å². The van der Waals surface area contributed by atoms with E-state index in [0.717, 1.165) is 21.2 Å². The lowest BCUT2D eigenvalue weighted by atomic mass is 10.2. The van der Waals surface area contributed by atoms with E-state index in [2.05, 4.69) is 30.5 Å². The molecule has 0 radical (unpaired) electrons. The Balaban J connectivity index is 1.27. The van der Waals surface area contributed by atoms with Crippen LogP contribution in [0.3, 0.4) is 0 Å². The average Bonchev–Trinajstić information content (AvgIpc) is 3.34. The van der Waals surface area contributed by atoms with Gasteiger partial charge in [0.1, 0.15) is 16.6 Å². The number of alkyl halides is 3. The van der Waals surface area contributed by atoms with Crippen molar-refractivity contribution in [2.75, 3.05) is 16.8 Å². The van der Waals surface area contributed by atoms with Crippen LogP contribution in [0.1, 0.15) is 17.2 Å². The summed E-state index contributed by atoms with van der Waals surface area (Å²) in [5, 5.41) is 11.8. The van der Waals surface area contributed by atoms with Crippen LogP contribution in [0, 0.1) is 0 Å². The van der Waals surface area contributed by atoms with Crippen LogP contribution in [0.15, 0.2) is 36.7 Å². The van der Waals surface area contributed by atoms with E-state index in [1.165, 1.54) is 0 Å². The molecule has 4 aromatic rings. The van der Waals surface area contributed by atoms with Crippen molar-refractivity contribution in [3.8, 4) is 0 Å². The second-order valence-corrected chi connectivity index (χ2v) is 7.53. The van der Waals surface area contributed by atoms with Gasteiger partial charge in [0.15, 0.2) is 5.82 Å². The zero-order chi connectivity index (χ0) is 21.6. The molecule has 12 heteroatoms. The highest BCUT2D eigenvalue weighted by atomic mass is 35.5. The van der Waals surface area contributed by atoms with Gasteiger partial charge in [0.2, 0.25) is 5.82 Å². The van der Waals surface area contributed by atoms with Crippen molar-refractivity contribution in [1.29, 1.82) is 0 Å². The fourth-order valence-electron chi connectivity index (χ4n) is 3.62. The number of H-pyrrole nitrogens is 1. The van der Waals surface area contributed by atoms with Crippen LogP contribution in [-0.4, -0.2) is 36.3 Å². The molecule has 31 heavy (non-hydrogen) atoms. The van der Waals surface area contributed by atoms with Crippen LogP contribution < -0.4 is 10.2 Å². The number of aromatic amines is 1. The predicted molar refractivity (Wildman–Crippen MR) is 109 cm³/mol. The molecule has 0 bridgehead atoms. The lowest BCUT2D eigenvalue weighted by molar-refractivity contribution is -0.147. The number of nitrogens with zero attached hydrogens (tertiary/aromatic N) is 6. The van der Waals surface area contributed by atoms with E-state index in [4.69, 9.17) is 11.6 Å². The summed E-state index contributed by atoms with van der Waals surface area (Å²) < 4.78 is 40.1. The minimum absolute atomic E-state index is 0.152. The third-order valence-corrected chi connectivity index (χ3v) is 5.33. The highest BCUT2D eigenvalue weighted by molar-refractivity contribution is 6.30. The number of pyridine rings is 2. The molecular formula is C19H16ClF3N8. The summed E-state index contributed by atoms with van der Waals surface area (Å²) in [6.45, 7) is 1.30. The van der Waals surface area contributed by atoms with Gasteiger partial charge >= 0.3 is 6.18 Å². The Morgan fingerprint density at radius 1 is 1.13 bits per heavy atom. The Bertz CT molecular complexity index is 1230. The maximum absolute atomic E-state index is 13.0. The number of anilines is 2. The van der Waals surface area contributed by atoms with Crippen LogP contribution in [0.25, 0.3) is 11.0 Å². The van der Waals surface area contributed by atoms with Crippen LogP contribution in [0.4, 0.5) is 24.7 Å². The average molecular weight is 449 g/mol. The molecule has 5 heterocycles. The van der Waals surface area contributed by atoms with Crippen molar-refractivity contribution in [3.63, 3.8) is 0 Å². The summed E-state index contributed by atoms with van der Waals surface area (Å²) in [7, 11) is 0. The zero-order valence-electron chi connectivity index (χ0n) is 16.0. The van der Waals surface area contributed by atoms with Crippen molar-refractivity contribution in [2.24, 2.45) is 0 Å². The van der Waals surface area contributed by atoms with Crippen molar-refractivity contribution in [2.45, 2.75) is 25.8 Å². The molecule has 0 unspecified atom stereocenters. The molecule has 0 aromatic carbocycles. The van der Waals surface area contributed by atoms with Crippen LogP contribution in [-0.2, 0) is 25.8 Å². The molecule has 1 aliphatic heterocycles. The third-order valence-electron chi connectivity index (χ3n) is 5.12. The molecular weight excluding hydrogens is 433 g/mol. The zero-order valence-corrected chi connectivity index (χ0v) is 16.7. The van der Waals surface area contributed by atoms with Gasteiger partial charge in [0.25, 0.3) is 0 Å². The Morgan fingerprint density at radius 3 is 2.77 bits per heavy atom. The van der Waals surface area contributed by atoms with Gasteiger partial charge in [-0.15, -0.1) is 10.2 Å². The second kappa shape index (κ2) is 7.41. The first kappa shape index (κ1) is 19.6. The van der Waals surface area contributed by atoms with Gasteiger partial charge in [-0.25, -0.2) is 9.97 Å². The lowest BCUT2D eigenvalue weighted by Crippen LogP contribution is -2.35.